The predicted molar refractivity (Wildman–Crippen MR) is 93.3 cm³/mol. The van der Waals surface area contributed by atoms with Gasteiger partial charge in [-0.3, -0.25) is 4.90 Å². The highest BCUT2D eigenvalue weighted by Gasteiger charge is 2.77. The van der Waals surface area contributed by atoms with Crippen LogP contribution in [0.25, 0.3) is 0 Å². The Morgan fingerprint density at radius 3 is 2.72 bits per heavy atom. The van der Waals surface area contributed by atoms with E-state index in [9.17, 15) is 0 Å². The summed E-state index contributed by atoms with van der Waals surface area (Å²) < 4.78 is 23.2. The van der Waals surface area contributed by atoms with Crippen molar-refractivity contribution in [2.75, 3.05) is 34.4 Å². The van der Waals surface area contributed by atoms with E-state index in [1.165, 1.54) is 11.1 Å². The molecule has 1 aromatic carbocycles. The van der Waals surface area contributed by atoms with E-state index in [1.807, 2.05) is 0 Å². The molecular formula is C20H25NO4. The minimum Gasteiger partial charge on any atom is -0.493 e. The maximum Gasteiger partial charge on any atom is 0.161 e. The minimum absolute atomic E-state index is 0.107. The summed E-state index contributed by atoms with van der Waals surface area (Å²) in [5.74, 6) is 1.60. The standard InChI is InChI=1S/C20H25NO4/c1-22-14-6-7-20-18(25-20)12-21-8-4-5-13-9-16(23-2)17(24-3)10-15(13)19(20,21)11-14/h6-7,9-10,14,18H,4-5,8,11-12H2,1-3H3/t14-,18+,19-,20+/m0/s1. The zero-order valence-corrected chi connectivity index (χ0v) is 15.1. The number of hydrogen-bond donors (Lipinski definition) is 0. The fourth-order valence-corrected chi connectivity index (χ4v) is 5.43. The van der Waals surface area contributed by atoms with Gasteiger partial charge in [-0.2, -0.15) is 0 Å². The number of ether oxygens (including phenoxy) is 4. The van der Waals surface area contributed by atoms with Gasteiger partial charge < -0.3 is 18.9 Å². The average molecular weight is 343 g/mol. The third-order valence-electron chi connectivity index (χ3n) is 6.62. The molecule has 0 aromatic heterocycles. The first kappa shape index (κ1) is 15.7. The Balaban J connectivity index is 1.75. The zero-order valence-electron chi connectivity index (χ0n) is 15.1. The predicted octanol–water partition coefficient (Wildman–Crippen LogP) is 2.27. The zero-order chi connectivity index (χ0) is 17.2. The van der Waals surface area contributed by atoms with Crippen LogP contribution in [0.15, 0.2) is 24.3 Å². The molecule has 3 aliphatic heterocycles. The van der Waals surface area contributed by atoms with Crippen LogP contribution in [0.4, 0.5) is 0 Å². The lowest BCUT2D eigenvalue weighted by molar-refractivity contribution is -0.0222. The normalized spacial score (nSPS) is 38.2. The highest BCUT2D eigenvalue weighted by atomic mass is 16.6. The molecule has 2 saturated heterocycles. The van der Waals surface area contributed by atoms with Crippen molar-refractivity contribution in [3.63, 3.8) is 0 Å². The lowest BCUT2D eigenvalue weighted by Crippen LogP contribution is -2.54. The molecule has 1 aliphatic carbocycles. The monoisotopic (exact) mass is 343 g/mol. The van der Waals surface area contributed by atoms with Crippen LogP contribution in [-0.4, -0.2) is 57.1 Å². The molecule has 5 heteroatoms. The molecule has 4 aliphatic rings. The summed E-state index contributed by atoms with van der Waals surface area (Å²) in [6.07, 6.45) is 7.96. The molecule has 4 atom stereocenters. The van der Waals surface area contributed by atoms with Crippen molar-refractivity contribution in [3.05, 3.63) is 35.4 Å². The summed E-state index contributed by atoms with van der Waals surface area (Å²) >= 11 is 0. The van der Waals surface area contributed by atoms with Gasteiger partial charge in [-0.05, 0) is 48.7 Å². The fourth-order valence-electron chi connectivity index (χ4n) is 5.43. The first-order chi connectivity index (χ1) is 12.2. The van der Waals surface area contributed by atoms with E-state index in [2.05, 4.69) is 29.2 Å². The third-order valence-corrected chi connectivity index (χ3v) is 6.62. The topological polar surface area (TPSA) is 43.5 Å². The highest BCUT2D eigenvalue weighted by molar-refractivity contribution is 5.55. The number of rotatable bonds is 3. The Labute approximate surface area is 148 Å². The summed E-state index contributed by atoms with van der Waals surface area (Å²) in [5, 5.41) is 0. The van der Waals surface area contributed by atoms with E-state index in [-0.39, 0.29) is 17.2 Å². The van der Waals surface area contributed by atoms with Crippen molar-refractivity contribution >= 4 is 0 Å². The van der Waals surface area contributed by atoms with Crippen LogP contribution in [0.1, 0.15) is 24.0 Å². The smallest absolute Gasteiger partial charge is 0.161 e. The molecule has 5 nitrogen and oxygen atoms in total. The number of epoxide rings is 1. The van der Waals surface area contributed by atoms with Gasteiger partial charge >= 0.3 is 0 Å². The van der Waals surface area contributed by atoms with Crippen molar-refractivity contribution in [1.29, 1.82) is 0 Å². The van der Waals surface area contributed by atoms with Crippen LogP contribution >= 0.6 is 0 Å². The van der Waals surface area contributed by atoms with Gasteiger partial charge in [-0.1, -0.05) is 6.08 Å². The second-order valence-electron chi connectivity index (χ2n) is 7.51. The number of benzene rings is 1. The Hall–Kier alpha value is -1.56. The molecule has 0 bridgehead atoms. The molecule has 0 unspecified atom stereocenters. The summed E-state index contributed by atoms with van der Waals surface area (Å²) in [5.41, 5.74) is 2.30. The molecular weight excluding hydrogens is 318 g/mol. The molecule has 2 spiro atoms. The molecule has 3 heterocycles. The van der Waals surface area contributed by atoms with Crippen LogP contribution in [0.5, 0.6) is 11.5 Å². The van der Waals surface area contributed by atoms with Crippen molar-refractivity contribution in [2.24, 2.45) is 0 Å². The van der Waals surface area contributed by atoms with Gasteiger partial charge in [0.1, 0.15) is 11.7 Å². The number of nitrogens with zero attached hydrogens (tertiary/aromatic N) is 1. The molecule has 0 amide bonds. The van der Waals surface area contributed by atoms with Crippen LogP contribution in [0.2, 0.25) is 0 Å². The van der Waals surface area contributed by atoms with E-state index in [1.54, 1.807) is 21.3 Å². The van der Waals surface area contributed by atoms with Gasteiger partial charge in [-0.15, -0.1) is 0 Å². The Morgan fingerprint density at radius 2 is 1.96 bits per heavy atom. The third kappa shape index (κ3) is 1.84. The highest BCUT2D eigenvalue weighted by Crippen LogP contribution is 2.65. The van der Waals surface area contributed by atoms with Gasteiger partial charge in [-0.25, -0.2) is 0 Å². The fraction of sp³-hybridized carbons (Fsp3) is 0.600. The first-order valence-corrected chi connectivity index (χ1v) is 9.09. The molecule has 0 saturated carbocycles. The minimum atomic E-state index is -0.208. The summed E-state index contributed by atoms with van der Waals surface area (Å²) in [7, 11) is 5.20. The van der Waals surface area contributed by atoms with Gasteiger partial charge in [0, 0.05) is 20.1 Å². The first-order valence-electron chi connectivity index (χ1n) is 9.09. The van der Waals surface area contributed by atoms with Gasteiger partial charge in [0.05, 0.1) is 25.9 Å². The van der Waals surface area contributed by atoms with E-state index in [4.69, 9.17) is 18.9 Å². The molecule has 0 N–H and O–H groups in total. The van der Waals surface area contributed by atoms with Gasteiger partial charge in [0.15, 0.2) is 11.5 Å². The van der Waals surface area contributed by atoms with Crippen LogP contribution < -0.4 is 9.47 Å². The molecule has 0 radical (unpaired) electrons. The Bertz CT molecular complexity index is 747. The van der Waals surface area contributed by atoms with Gasteiger partial charge in [0.2, 0.25) is 0 Å². The summed E-state index contributed by atoms with van der Waals surface area (Å²) in [6, 6.07) is 4.35. The van der Waals surface area contributed by atoms with Crippen molar-refractivity contribution in [2.45, 2.75) is 42.6 Å². The maximum absolute atomic E-state index is 6.28. The lowest BCUT2D eigenvalue weighted by atomic mass is 9.69. The van der Waals surface area contributed by atoms with E-state index in [0.717, 1.165) is 43.9 Å². The van der Waals surface area contributed by atoms with Crippen LogP contribution in [0.3, 0.4) is 0 Å². The number of fused-ring (bicyclic) bond motifs is 1. The molecule has 134 valence electrons. The second kappa shape index (κ2) is 5.22. The van der Waals surface area contributed by atoms with E-state index < -0.39 is 0 Å². The lowest BCUT2D eigenvalue weighted by Gasteiger charge is -2.47. The molecule has 5 rings (SSSR count). The van der Waals surface area contributed by atoms with Crippen LogP contribution in [-0.2, 0) is 21.4 Å². The molecule has 1 aromatic rings. The number of hydrogen-bond acceptors (Lipinski definition) is 5. The Morgan fingerprint density at radius 1 is 1.16 bits per heavy atom. The second-order valence-corrected chi connectivity index (χ2v) is 7.51. The SMILES string of the molecule is COc1cc2c(cc1OC)[C@@]13C[C@@H](OC)C=C[C@]14O[C@@H]4CN3CCC2. The Kier molecular flexibility index (Phi) is 3.28. The maximum atomic E-state index is 6.28. The van der Waals surface area contributed by atoms with Crippen molar-refractivity contribution < 1.29 is 18.9 Å². The number of methoxy groups -OCH3 is 3. The number of aryl methyl sites for hydroxylation is 1. The average Bonchev–Trinajstić information content (AvgIpc) is 3.30. The summed E-state index contributed by atoms with van der Waals surface area (Å²) in [4.78, 5) is 2.63. The summed E-state index contributed by atoms with van der Waals surface area (Å²) in [6.45, 7) is 2.08. The molecule has 25 heavy (non-hydrogen) atoms. The largest absolute Gasteiger partial charge is 0.493 e. The number of morpholine rings is 1. The van der Waals surface area contributed by atoms with Crippen LogP contribution in [0, 0.1) is 0 Å². The quantitative estimate of drug-likeness (QED) is 0.622. The van der Waals surface area contributed by atoms with Gasteiger partial charge in [0.25, 0.3) is 0 Å². The van der Waals surface area contributed by atoms with E-state index in [0.29, 0.717) is 6.10 Å². The van der Waals surface area contributed by atoms with Crippen molar-refractivity contribution in [3.8, 4) is 11.5 Å². The van der Waals surface area contributed by atoms with Crippen molar-refractivity contribution in [1.82, 2.24) is 4.90 Å². The van der Waals surface area contributed by atoms with E-state index >= 15 is 0 Å². The molecule has 2 fully saturated rings.